The molecule has 0 spiro atoms. The van der Waals surface area contributed by atoms with E-state index in [1.165, 1.54) is 17.8 Å². The average Bonchev–Trinajstić information content (AvgIpc) is 3.34. The highest BCUT2D eigenvalue weighted by molar-refractivity contribution is 6.33. The molecule has 36 heavy (non-hydrogen) atoms. The second kappa shape index (κ2) is 11.7. The van der Waals surface area contributed by atoms with E-state index in [0.717, 1.165) is 0 Å². The highest BCUT2D eigenvalue weighted by Crippen LogP contribution is 2.29. The summed E-state index contributed by atoms with van der Waals surface area (Å²) in [5.41, 5.74) is 1.03. The van der Waals surface area contributed by atoms with Gasteiger partial charge in [-0.05, 0) is 37.3 Å². The van der Waals surface area contributed by atoms with E-state index in [-0.39, 0.29) is 18.4 Å². The van der Waals surface area contributed by atoms with Gasteiger partial charge < -0.3 is 18.8 Å². The number of ether oxygens (including phenoxy) is 3. The number of benzene rings is 2. The highest BCUT2D eigenvalue weighted by Gasteiger charge is 2.33. The maximum atomic E-state index is 15.8. The van der Waals surface area contributed by atoms with Gasteiger partial charge in [-0.2, -0.15) is 0 Å². The van der Waals surface area contributed by atoms with Gasteiger partial charge in [0, 0.05) is 6.20 Å². The topological polar surface area (TPSA) is 92.5 Å². The van der Waals surface area contributed by atoms with E-state index in [1.54, 1.807) is 72.9 Å². The number of halogens is 2. The summed E-state index contributed by atoms with van der Waals surface area (Å²) in [4.78, 5) is 32.8. The van der Waals surface area contributed by atoms with Crippen molar-refractivity contribution in [3.63, 3.8) is 0 Å². The van der Waals surface area contributed by atoms with Gasteiger partial charge in [0.1, 0.15) is 29.8 Å². The summed E-state index contributed by atoms with van der Waals surface area (Å²) in [6.07, 6.45) is -1.42. The zero-order chi connectivity index (χ0) is 25.5. The maximum absolute atomic E-state index is 15.8. The Morgan fingerprint density at radius 3 is 2.25 bits per heavy atom. The van der Waals surface area contributed by atoms with Crippen LogP contribution in [0.2, 0.25) is 5.15 Å². The van der Waals surface area contributed by atoms with Crippen molar-refractivity contribution in [3.8, 4) is 0 Å². The van der Waals surface area contributed by atoms with Crippen LogP contribution in [0.4, 0.5) is 4.39 Å². The minimum absolute atomic E-state index is 0.121. The molecule has 0 amide bonds. The third-order valence-corrected chi connectivity index (χ3v) is 5.67. The molecule has 4 aromatic rings. The van der Waals surface area contributed by atoms with Crippen molar-refractivity contribution in [1.29, 1.82) is 0 Å². The third-order valence-electron chi connectivity index (χ3n) is 5.37. The fourth-order valence-corrected chi connectivity index (χ4v) is 3.73. The zero-order valence-electron chi connectivity index (χ0n) is 19.3. The lowest BCUT2D eigenvalue weighted by atomic mass is 10.2. The quantitative estimate of drug-likeness (QED) is 0.167. The first-order valence-electron chi connectivity index (χ1n) is 11.2. The number of nitrogens with zero attached hydrogens (tertiary/aromatic N) is 3. The van der Waals surface area contributed by atoms with Gasteiger partial charge in [0.25, 0.3) is 0 Å². The van der Waals surface area contributed by atoms with Crippen molar-refractivity contribution in [2.75, 3.05) is 13.2 Å². The van der Waals surface area contributed by atoms with E-state index in [2.05, 4.69) is 9.97 Å². The van der Waals surface area contributed by atoms with Crippen molar-refractivity contribution in [2.45, 2.75) is 25.4 Å². The van der Waals surface area contributed by atoms with Gasteiger partial charge in [-0.3, -0.25) is 0 Å². The smallest absolute Gasteiger partial charge is 0.338 e. The Morgan fingerprint density at radius 2 is 1.58 bits per heavy atom. The van der Waals surface area contributed by atoms with Crippen LogP contribution in [-0.2, 0) is 14.2 Å². The normalized spacial score (nSPS) is 13.6. The molecule has 0 aliphatic carbocycles. The third kappa shape index (κ3) is 5.87. The molecular weight excluding hydrogens is 489 g/mol. The lowest BCUT2D eigenvalue weighted by Crippen LogP contribution is -2.35. The van der Waals surface area contributed by atoms with E-state index in [1.807, 2.05) is 0 Å². The van der Waals surface area contributed by atoms with Crippen LogP contribution in [0, 0.1) is 0 Å². The first kappa shape index (κ1) is 25.3. The summed E-state index contributed by atoms with van der Waals surface area (Å²) < 4.78 is 33.6. The summed E-state index contributed by atoms with van der Waals surface area (Å²) in [6, 6.07) is 18.4. The number of carbonyl (C=O) groups is 2. The molecule has 0 saturated heterocycles. The molecular formula is C26H23ClFN3O5. The van der Waals surface area contributed by atoms with Crippen molar-refractivity contribution in [1.82, 2.24) is 14.5 Å². The Bertz CT molecular complexity index is 1320. The molecule has 0 N–H and O–H groups in total. The molecule has 2 aromatic heterocycles. The fraction of sp³-hybridized carbons (Fsp3) is 0.231. The second-order valence-corrected chi connectivity index (χ2v) is 8.17. The van der Waals surface area contributed by atoms with Crippen LogP contribution in [0.25, 0.3) is 11.0 Å². The van der Waals surface area contributed by atoms with Crippen molar-refractivity contribution in [2.24, 2.45) is 0 Å². The summed E-state index contributed by atoms with van der Waals surface area (Å²) in [5, 5.41) is 0.706. The molecule has 8 nitrogen and oxygen atoms in total. The maximum Gasteiger partial charge on any atom is 0.338 e. The van der Waals surface area contributed by atoms with Crippen LogP contribution in [0.1, 0.15) is 33.9 Å². The van der Waals surface area contributed by atoms with Gasteiger partial charge in [-0.1, -0.05) is 48.0 Å². The van der Waals surface area contributed by atoms with Crippen LogP contribution < -0.4 is 0 Å². The second-order valence-electron chi connectivity index (χ2n) is 7.81. The fourth-order valence-electron chi connectivity index (χ4n) is 3.54. The van der Waals surface area contributed by atoms with Crippen molar-refractivity contribution < 1.29 is 28.2 Å². The van der Waals surface area contributed by atoms with Crippen LogP contribution >= 0.6 is 11.6 Å². The molecule has 0 aliphatic heterocycles. The van der Waals surface area contributed by atoms with E-state index in [4.69, 9.17) is 25.8 Å². The first-order chi connectivity index (χ1) is 17.5. The predicted octanol–water partition coefficient (Wildman–Crippen LogP) is 5.04. The van der Waals surface area contributed by atoms with Gasteiger partial charge in [-0.25, -0.2) is 23.9 Å². The summed E-state index contributed by atoms with van der Waals surface area (Å²) in [7, 11) is 0. The number of aromatic nitrogens is 3. The molecule has 4 rings (SSSR count). The molecule has 0 saturated carbocycles. The van der Waals surface area contributed by atoms with Gasteiger partial charge in [0.05, 0.1) is 23.1 Å². The molecule has 0 aliphatic rings. The summed E-state index contributed by atoms with van der Waals surface area (Å²) in [6.45, 7) is 1.19. The molecule has 10 heteroatoms. The average molecular weight is 512 g/mol. The Hall–Kier alpha value is -3.82. The first-order valence-corrected chi connectivity index (χ1v) is 11.5. The number of carbonyl (C=O) groups excluding carboxylic acids is 2. The lowest BCUT2D eigenvalue weighted by Gasteiger charge is -2.27. The van der Waals surface area contributed by atoms with Crippen LogP contribution in [0.3, 0.4) is 0 Å². The number of alkyl halides is 1. The molecule has 2 unspecified atom stereocenters. The van der Waals surface area contributed by atoms with E-state index in [0.29, 0.717) is 22.2 Å². The van der Waals surface area contributed by atoms with Crippen LogP contribution in [-0.4, -0.2) is 52.0 Å². The number of esters is 2. The molecule has 0 bridgehead atoms. The minimum atomic E-state index is -1.80. The Balaban J connectivity index is 1.48. The van der Waals surface area contributed by atoms with Crippen molar-refractivity contribution in [3.05, 3.63) is 95.5 Å². The van der Waals surface area contributed by atoms with Crippen LogP contribution in [0.15, 0.2) is 79.3 Å². The van der Waals surface area contributed by atoms with E-state index in [9.17, 15) is 9.59 Å². The number of fused-ring (bicyclic) bond motifs is 1. The molecule has 2 heterocycles. The number of hydrogen-bond donors (Lipinski definition) is 0. The SMILES string of the molecule is C[C@@H](OC(=O)c1ccccc1)C(F)C(OCCOC(=O)c1ccccc1)n1ccc2c(Cl)ncnc21. The molecule has 2 aromatic carbocycles. The Kier molecular flexibility index (Phi) is 8.24. The molecule has 3 atom stereocenters. The Labute approximate surface area is 211 Å². The predicted molar refractivity (Wildman–Crippen MR) is 130 cm³/mol. The van der Waals surface area contributed by atoms with E-state index < -0.39 is 30.4 Å². The zero-order valence-corrected chi connectivity index (χ0v) is 20.0. The van der Waals surface area contributed by atoms with Gasteiger partial charge >= 0.3 is 11.9 Å². The largest absolute Gasteiger partial charge is 0.460 e. The number of rotatable bonds is 10. The van der Waals surface area contributed by atoms with E-state index >= 15 is 4.39 Å². The lowest BCUT2D eigenvalue weighted by molar-refractivity contribution is -0.0970. The monoisotopic (exact) mass is 511 g/mol. The number of hydrogen-bond acceptors (Lipinski definition) is 7. The molecule has 0 fully saturated rings. The molecule has 0 radical (unpaired) electrons. The minimum Gasteiger partial charge on any atom is -0.460 e. The highest BCUT2D eigenvalue weighted by atomic mass is 35.5. The van der Waals surface area contributed by atoms with Crippen LogP contribution in [0.5, 0.6) is 0 Å². The Morgan fingerprint density at radius 1 is 0.944 bits per heavy atom. The van der Waals surface area contributed by atoms with Gasteiger partial charge in [0.2, 0.25) is 0 Å². The van der Waals surface area contributed by atoms with Gasteiger partial charge in [0.15, 0.2) is 12.4 Å². The summed E-state index contributed by atoms with van der Waals surface area (Å²) >= 11 is 6.15. The van der Waals surface area contributed by atoms with Gasteiger partial charge in [-0.15, -0.1) is 0 Å². The summed E-state index contributed by atoms with van der Waals surface area (Å²) in [5.74, 6) is -1.19. The van der Waals surface area contributed by atoms with Crippen molar-refractivity contribution >= 4 is 34.6 Å². The molecule has 186 valence electrons. The standard InChI is InChI=1S/C26H23ClFN3O5/c1-17(36-26(33)19-10-6-3-7-11-19)21(28)24(31-13-12-20-22(27)29-16-30-23(20)31)34-14-15-35-25(32)18-8-4-2-5-9-18/h2-13,16-17,21,24H,14-15H2,1H3/t17-,21?,24?/m1/s1.